The lowest BCUT2D eigenvalue weighted by atomic mass is 9.98. The van der Waals surface area contributed by atoms with Crippen molar-refractivity contribution in [2.45, 2.75) is 46.0 Å². The molecule has 43 heavy (non-hydrogen) atoms. The van der Waals surface area contributed by atoms with Gasteiger partial charge in [0.1, 0.15) is 0 Å². The third-order valence-electron chi connectivity index (χ3n) is 7.38. The van der Waals surface area contributed by atoms with Crippen LogP contribution < -0.4 is 10.9 Å². The normalized spacial score (nSPS) is 14.9. The van der Waals surface area contributed by atoms with Gasteiger partial charge in [-0.3, -0.25) is 14.4 Å². The fourth-order valence-electron chi connectivity index (χ4n) is 5.06. The van der Waals surface area contributed by atoms with E-state index in [9.17, 15) is 27.6 Å². The molecule has 0 fully saturated rings. The van der Waals surface area contributed by atoms with Gasteiger partial charge >= 0.3 is 6.18 Å². The monoisotopic (exact) mass is 676 g/mol. The van der Waals surface area contributed by atoms with Crippen molar-refractivity contribution < 1.29 is 22.8 Å². The third kappa shape index (κ3) is 5.47. The summed E-state index contributed by atoms with van der Waals surface area (Å²) < 4.78 is 43.2. The van der Waals surface area contributed by atoms with Crippen molar-refractivity contribution in [1.82, 2.24) is 29.5 Å². The van der Waals surface area contributed by atoms with Gasteiger partial charge in [0.2, 0.25) is 5.95 Å². The molecule has 0 spiro atoms. The van der Waals surface area contributed by atoms with Crippen LogP contribution in [0.2, 0.25) is 5.02 Å². The lowest BCUT2D eigenvalue weighted by Gasteiger charge is -2.34. The van der Waals surface area contributed by atoms with Gasteiger partial charge in [0.25, 0.3) is 17.4 Å². The Bertz CT molecular complexity index is 1840. The Morgan fingerprint density at radius 3 is 2.33 bits per heavy atom. The number of carbonyl (C=O) groups is 2. The molecule has 9 nitrogen and oxygen atoms in total. The van der Waals surface area contributed by atoms with Crippen LogP contribution in [-0.4, -0.2) is 49.1 Å². The fraction of sp³-hybridized carbons (Fsp3) is 0.276. The number of alkyl halides is 3. The van der Waals surface area contributed by atoms with Crippen molar-refractivity contribution in [2.24, 2.45) is 0 Å². The number of hydrogen-bond acceptors (Lipinski definition) is 5. The molecule has 1 atom stereocenters. The molecular weight excluding hydrogens is 653 g/mol. The zero-order valence-electron chi connectivity index (χ0n) is 23.4. The van der Waals surface area contributed by atoms with E-state index in [0.29, 0.717) is 38.9 Å². The van der Waals surface area contributed by atoms with Gasteiger partial charge in [0.15, 0.2) is 0 Å². The smallest absolute Gasteiger partial charge is 0.355 e. The van der Waals surface area contributed by atoms with Gasteiger partial charge in [-0.25, -0.2) is 14.2 Å². The largest absolute Gasteiger partial charge is 0.417 e. The highest BCUT2D eigenvalue weighted by molar-refractivity contribution is 9.10. The molecule has 0 radical (unpaired) electrons. The van der Waals surface area contributed by atoms with E-state index < -0.39 is 29.2 Å². The number of aromatic nitrogens is 4. The van der Waals surface area contributed by atoms with E-state index >= 15 is 0 Å². The van der Waals surface area contributed by atoms with Crippen LogP contribution in [0.5, 0.6) is 0 Å². The second kappa shape index (κ2) is 11.3. The molecule has 0 saturated heterocycles. The fourth-order valence-corrected chi connectivity index (χ4v) is 5.65. The molecular formula is C29H25BrClF3N6O3. The van der Waals surface area contributed by atoms with Crippen LogP contribution in [0, 0.1) is 13.8 Å². The minimum Gasteiger partial charge on any atom is -0.355 e. The van der Waals surface area contributed by atoms with E-state index in [1.54, 1.807) is 45.0 Å². The summed E-state index contributed by atoms with van der Waals surface area (Å²) in [5.41, 5.74) is 0.992. The summed E-state index contributed by atoms with van der Waals surface area (Å²) in [6.45, 7) is 5.04. The molecule has 0 bridgehead atoms. The molecule has 2 aromatic heterocycles. The van der Waals surface area contributed by atoms with E-state index in [-0.39, 0.29) is 34.9 Å². The molecule has 224 valence electrons. The van der Waals surface area contributed by atoms with Crippen molar-refractivity contribution in [3.05, 3.63) is 102 Å². The minimum absolute atomic E-state index is 0.105. The molecule has 0 aliphatic carbocycles. The number of aryl methyl sites for hydroxylation is 1. The highest BCUT2D eigenvalue weighted by Crippen LogP contribution is 2.36. The van der Waals surface area contributed by atoms with Crippen LogP contribution in [0.3, 0.4) is 0 Å². The van der Waals surface area contributed by atoms with Crippen LogP contribution in [0.4, 0.5) is 13.2 Å². The average molecular weight is 678 g/mol. The summed E-state index contributed by atoms with van der Waals surface area (Å²) in [4.78, 5) is 45.9. The van der Waals surface area contributed by atoms with Gasteiger partial charge in [-0.1, -0.05) is 27.5 Å². The first-order valence-corrected chi connectivity index (χ1v) is 14.3. The first kappa shape index (κ1) is 30.5. The number of rotatable bonds is 4. The Morgan fingerprint density at radius 1 is 1.09 bits per heavy atom. The van der Waals surface area contributed by atoms with E-state index in [0.717, 1.165) is 6.07 Å². The van der Waals surface area contributed by atoms with Crippen molar-refractivity contribution in [3.8, 4) is 11.6 Å². The number of hydrogen-bond donors (Lipinski definition) is 1. The Morgan fingerprint density at radius 2 is 1.74 bits per heavy atom. The highest BCUT2D eigenvalue weighted by Gasteiger charge is 2.36. The SMILES string of the molecule is CNC(=O)c1ccc(-n2c(-n3nc(C)c(Cl)c3C)nc3c(c2=O)CC(C)N(C(=O)c2ccc(Br)c(C(F)(F)F)c2)C3)cc1. The number of halogens is 5. The van der Waals surface area contributed by atoms with Gasteiger partial charge < -0.3 is 10.2 Å². The Labute approximate surface area is 257 Å². The van der Waals surface area contributed by atoms with E-state index in [4.69, 9.17) is 16.6 Å². The number of nitrogens with zero attached hydrogens (tertiary/aromatic N) is 5. The molecule has 14 heteroatoms. The van der Waals surface area contributed by atoms with Crippen LogP contribution in [0.15, 0.2) is 51.7 Å². The van der Waals surface area contributed by atoms with E-state index in [1.807, 2.05) is 0 Å². The predicted molar refractivity (Wildman–Crippen MR) is 157 cm³/mol. The highest BCUT2D eigenvalue weighted by atomic mass is 79.9. The number of benzene rings is 2. The summed E-state index contributed by atoms with van der Waals surface area (Å²) in [6.07, 6.45) is -4.54. The first-order valence-electron chi connectivity index (χ1n) is 13.1. The van der Waals surface area contributed by atoms with Crippen LogP contribution in [-0.2, 0) is 19.1 Å². The molecule has 1 N–H and O–H groups in total. The molecule has 0 saturated carbocycles. The second-order valence-corrected chi connectivity index (χ2v) is 11.4. The Kier molecular flexibility index (Phi) is 7.99. The molecule has 3 heterocycles. The Hall–Kier alpha value is -3.97. The molecule has 1 aliphatic heterocycles. The molecule has 1 aliphatic rings. The van der Waals surface area contributed by atoms with E-state index in [2.05, 4.69) is 26.3 Å². The lowest BCUT2D eigenvalue weighted by Crippen LogP contribution is -2.46. The summed E-state index contributed by atoms with van der Waals surface area (Å²) in [7, 11) is 1.51. The van der Waals surface area contributed by atoms with Gasteiger partial charge in [0, 0.05) is 34.3 Å². The molecule has 2 amide bonds. The number of nitrogens with one attached hydrogen (secondary N) is 1. The lowest BCUT2D eigenvalue weighted by molar-refractivity contribution is -0.138. The zero-order valence-corrected chi connectivity index (χ0v) is 25.7. The maximum atomic E-state index is 14.1. The standard InChI is InChI=1S/C29H25BrClF3N6O3/c1-14-11-20-23(13-38(14)26(42)18-7-10-22(30)21(12-18)29(32,33)34)36-28(40-16(3)24(31)15(2)37-40)39(27(20)43)19-8-5-17(6-9-19)25(41)35-4/h5-10,12,14H,11,13H2,1-4H3,(H,35,41). The van der Waals surface area contributed by atoms with Gasteiger partial charge in [-0.05, 0) is 69.7 Å². The average Bonchev–Trinajstić information content (AvgIpc) is 3.23. The molecule has 4 aromatic rings. The van der Waals surface area contributed by atoms with Gasteiger partial charge in [-0.2, -0.15) is 18.3 Å². The van der Waals surface area contributed by atoms with Gasteiger partial charge in [0.05, 0.1) is 39.9 Å². The third-order valence-corrected chi connectivity index (χ3v) is 8.62. The minimum atomic E-state index is -4.66. The number of fused-ring (bicyclic) bond motifs is 1. The van der Waals surface area contributed by atoms with Crippen molar-refractivity contribution in [3.63, 3.8) is 0 Å². The molecule has 1 unspecified atom stereocenters. The van der Waals surface area contributed by atoms with Crippen LogP contribution in [0.1, 0.15) is 55.8 Å². The maximum absolute atomic E-state index is 14.1. The van der Waals surface area contributed by atoms with Crippen LogP contribution in [0.25, 0.3) is 11.6 Å². The maximum Gasteiger partial charge on any atom is 0.417 e. The summed E-state index contributed by atoms with van der Waals surface area (Å²) >= 11 is 9.34. The predicted octanol–water partition coefficient (Wildman–Crippen LogP) is 5.42. The van der Waals surface area contributed by atoms with Crippen molar-refractivity contribution >= 4 is 39.3 Å². The summed E-state index contributed by atoms with van der Waals surface area (Å²) in [5, 5.41) is 7.41. The first-order chi connectivity index (χ1) is 20.2. The summed E-state index contributed by atoms with van der Waals surface area (Å²) in [6, 6.07) is 9.19. The van der Waals surface area contributed by atoms with E-state index in [1.165, 1.54) is 33.3 Å². The van der Waals surface area contributed by atoms with Gasteiger partial charge in [-0.15, -0.1) is 0 Å². The summed E-state index contributed by atoms with van der Waals surface area (Å²) in [5.74, 6) is -0.809. The Balaban J connectivity index is 1.64. The number of carbonyl (C=O) groups excluding carboxylic acids is 2. The molecule has 2 aromatic carbocycles. The molecule has 5 rings (SSSR count). The number of amides is 2. The second-order valence-electron chi connectivity index (χ2n) is 10.2. The zero-order chi connectivity index (χ0) is 31.4. The topological polar surface area (TPSA) is 102 Å². The van der Waals surface area contributed by atoms with Crippen molar-refractivity contribution in [1.29, 1.82) is 0 Å². The van der Waals surface area contributed by atoms with Crippen molar-refractivity contribution in [2.75, 3.05) is 7.05 Å². The van der Waals surface area contributed by atoms with Crippen LogP contribution >= 0.6 is 27.5 Å². The quantitative estimate of drug-likeness (QED) is 0.311.